The Bertz CT molecular complexity index is 879. The van der Waals surface area contributed by atoms with Crippen molar-refractivity contribution in [2.45, 2.75) is 13.3 Å². The first-order valence-corrected chi connectivity index (χ1v) is 9.05. The van der Waals surface area contributed by atoms with E-state index in [9.17, 15) is 14.4 Å². The summed E-state index contributed by atoms with van der Waals surface area (Å²) in [5, 5.41) is 2.80. The lowest BCUT2D eigenvalue weighted by atomic mass is 10.1. The normalized spacial score (nSPS) is 16.0. The fraction of sp³-hybridized carbons (Fsp3) is 0.286. The Balaban J connectivity index is 1.65. The van der Waals surface area contributed by atoms with Gasteiger partial charge < -0.3 is 19.7 Å². The zero-order valence-electron chi connectivity index (χ0n) is 15.8. The number of benzene rings is 2. The summed E-state index contributed by atoms with van der Waals surface area (Å²) in [5.41, 5.74) is 1.63. The Kier molecular flexibility index (Phi) is 5.93. The van der Waals surface area contributed by atoms with Crippen LogP contribution in [0.5, 0.6) is 5.75 Å². The second-order valence-corrected chi connectivity index (χ2v) is 6.36. The summed E-state index contributed by atoms with van der Waals surface area (Å²) in [6, 6.07) is 13.7. The van der Waals surface area contributed by atoms with Gasteiger partial charge in [-0.15, -0.1) is 0 Å². The molecule has 0 bridgehead atoms. The average molecular weight is 382 g/mol. The fourth-order valence-corrected chi connectivity index (χ4v) is 3.12. The predicted octanol–water partition coefficient (Wildman–Crippen LogP) is 2.86. The van der Waals surface area contributed by atoms with Gasteiger partial charge in [-0.3, -0.25) is 9.59 Å². The number of carbonyl (C=O) groups is 3. The van der Waals surface area contributed by atoms with Crippen molar-refractivity contribution < 1.29 is 23.9 Å². The number of anilines is 2. The van der Waals surface area contributed by atoms with Crippen molar-refractivity contribution in [2.75, 3.05) is 30.5 Å². The van der Waals surface area contributed by atoms with Gasteiger partial charge in [-0.2, -0.15) is 0 Å². The predicted molar refractivity (Wildman–Crippen MR) is 104 cm³/mol. The fourth-order valence-electron chi connectivity index (χ4n) is 3.12. The number of esters is 1. The molecule has 2 aromatic rings. The molecule has 1 saturated heterocycles. The number of amides is 2. The number of para-hydroxylation sites is 2. The van der Waals surface area contributed by atoms with E-state index in [1.165, 1.54) is 0 Å². The van der Waals surface area contributed by atoms with Gasteiger partial charge in [0.1, 0.15) is 5.75 Å². The van der Waals surface area contributed by atoms with Gasteiger partial charge in [0.05, 0.1) is 30.9 Å². The molecule has 7 nitrogen and oxygen atoms in total. The largest absolute Gasteiger partial charge is 0.495 e. The van der Waals surface area contributed by atoms with E-state index >= 15 is 0 Å². The van der Waals surface area contributed by atoms with E-state index in [1.54, 1.807) is 55.3 Å². The highest BCUT2D eigenvalue weighted by Gasteiger charge is 2.36. The molecule has 7 heteroatoms. The molecule has 0 radical (unpaired) electrons. The Labute approximate surface area is 163 Å². The summed E-state index contributed by atoms with van der Waals surface area (Å²) in [4.78, 5) is 38.3. The van der Waals surface area contributed by atoms with Crippen LogP contribution < -0.4 is 15.0 Å². The van der Waals surface area contributed by atoms with Gasteiger partial charge in [-0.05, 0) is 43.3 Å². The summed E-state index contributed by atoms with van der Waals surface area (Å²) < 4.78 is 10.2. The Morgan fingerprint density at radius 1 is 1.14 bits per heavy atom. The number of hydrogen-bond acceptors (Lipinski definition) is 5. The van der Waals surface area contributed by atoms with Gasteiger partial charge in [0.25, 0.3) is 0 Å². The molecule has 0 spiro atoms. The quantitative estimate of drug-likeness (QED) is 0.777. The minimum Gasteiger partial charge on any atom is -0.495 e. The number of rotatable bonds is 6. The third-order valence-electron chi connectivity index (χ3n) is 4.54. The summed E-state index contributed by atoms with van der Waals surface area (Å²) in [7, 11) is 1.55. The monoisotopic (exact) mass is 382 g/mol. The highest BCUT2D eigenvalue weighted by molar-refractivity contribution is 6.04. The number of carbonyl (C=O) groups excluding carboxylic acids is 3. The molecular weight excluding hydrogens is 360 g/mol. The first-order chi connectivity index (χ1) is 13.5. The van der Waals surface area contributed by atoms with Crippen LogP contribution in [0.25, 0.3) is 0 Å². The molecule has 1 N–H and O–H groups in total. The van der Waals surface area contributed by atoms with E-state index in [0.717, 1.165) is 0 Å². The van der Waals surface area contributed by atoms with E-state index in [-0.39, 0.29) is 24.8 Å². The molecule has 3 rings (SSSR count). The highest BCUT2D eigenvalue weighted by atomic mass is 16.5. The molecule has 28 heavy (non-hydrogen) atoms. The van der Waals surface area contributed by atoms with Crippen LogP contribution in [-0.2, 0) is 14.3 Å². The summed E-state index contributed by atoms with van der Waals surface area (Å²) >= 11 is 0. The van der Waals surface area contributed by atoms with Crippen LogP contribution in [0.4, 0.5) is 11.4 Å². The molecule has 0 saturated carbocycles. The molecule has 1 aliphatic heterocycles. The van der Waals surface area contributed by atoms with E-state index in [4.69, 9.17) is 9.47 Å². The summed E-state index contributed by atoms with van der Waals surface area (Å²) in [6.07, 6.45) is 0.130. The second kappa shape index (κ2) is 8.56. The molecule has 1 fully saturated rings. The second-order valence-electron chi connectivity index (χ2n) is 6.36. The van der Waals surface area contributed by atoms with Crippen LogP contribution in [0.3, 0.4) is 0 Å². The van der Waals surface area contributed by atoms with Crippen molar-refractivity contribution >= 4 is 29.2 Å². The zero-order valence-corrected chi connectivity index (χ0v) is 15.8. The zero-order chi connectivity index (χ0) is 20.1. The molecule has 146 valence electrons. The van der Waals surface area contributed by atoms with Crippen LogP contribution in [0.2, 0.25) is 0 Å². The number of nitrogens with zero attached hydrogens (tertiary/aromatic N) is 1. The lowest BCUT2D eigenvalue weighted by Crippen LogP contribution is -2.28. The maximum absolute atomic E-state index is 12.6. The van der Waals surface area contributed by atoms with Gasteiger partial charge in [0.2, 0.25) is 11.8 Å². The van der Waals surface area contributed by atoms with Crippen LogP contribution in [-0.4, -0.2) is 38.0 Å². The maximum Gasteiger partial charge on any atom is 0.338 e. The third kappa shape index (κ3) is 4.14. The van der Waals surface area contributed by atoms with E-state index < -0.39 is 11.9 Å². The van der Waals surface area contributed by atoms with Gasteiger partial charge in [-0.25, -0.2) is 4.79 Å². The number of ether oxygens (including phenoxy) is 2. The first-order valence-electron chi connectivity index (χ1n) is 9.05. The van der Waals surface area contributed by atoms with Gasteiger partial charge in [0, 0.05) is 18.7 Å². The van der Waals surface area contributed by atoms with Crippen LogP contribution in [0.15, 0.2) is 48.5 Å². The third-order valence-corrected chi connectivity index (χ3v) is 4.54. The topological polar surface area (TPSA) is 84.9 Å². The van der Waals surface area contributed by atoms with Gasteiger partial charge >= 0.3 is 5.97 Å². The van der Waals surface area contributed by atoms with Crippen molar-refractivity contribution in [1.29, 1.82) is 0 Å². The molecule has 0 unspecified atom stereocenters. The van der Waals surface area contributed by atoms with Crippen LogP contribution in [0.1, 0.15) is 23.7 Å². The summed E-state index contributed by atoms with van der Waals surface area (Å²) in [6.45, 7) is 2.32. The Hall–Kier alpha value is -3.35. The van der Waals surface area contributed by atoms with Crippen molar-refractivity contribution in [1.82, 2.24) is 0 Å². The number of nitrogens with one attached hydrogen (secondary N) is 1. The standard InChI is InChI=1S/C21H22N2O5/c1-3-28-21(26)14-8-10-16(11-9-14)22-20(25)15-12-19(24)23(13-15)17-6-4-5-7-18(17)27-2/h4-11,15H,3,12-13H2,1-2H3,(H,22,25)/t15-/m0/s1. The smallest absolute Gasteiger partial charge is 0.338 e. The molecule has 0 aromatic heterocycles. The number of methoxy groups -OCH3 is 1. The van der Waals surface area contributed by atoms with Crippen LogP contribution >= 0.6 is 0 Å². The molecule has 0 aliphatic carbocycles. The molecule has 2 aromatic carbocycles. The molecular formula is C21H22N2O5. The Morgan fingerprint density at radius 3 is 2.54 bits per heavy atom. The van der Waals surface area contributed by atoms with E-state index in [0.29, 0.717) is 29.3 Å². The lowest BCUT2D eigenvalue weighted by Gasteiger charge is -2.19. The minimum absolute atomic E-state index is 0.123. The maximum atomic E-state index is 12.6. The van der Waals surface area contributed by atoms with E-state index in [2.05, 4.69) is 5.32 Å². The van der Waals surface area contributed by atoms with Crippen molar-refractivity contribution in [3.05, 3.63) is 54.1 Å². The average Bonchev–Trinajstić information content (AvgIpc) is 3.10. The lowest BCUT2D eigenvalue weighted by molar-refractivity contribution is -0.122. The SMILES string of the molecule is CCOC(=O)c1ccc(NC(=O)[C@H]2CC(=O)N(c3ccccc3OC)C2)cc1. The Morgan fingerprint density at radius 2 is 1.86 bits per heavy atom. The van der Waals surface area contributed by atoms with Crippen molar-refractivity contribution in [3.8, 4) is 5.75 Å². The van der Waals surface area contributed by atoms with E-state index in [1.807, 2.05) is 12.1 Å². The molecule has 1 aliphatic rings. The summed E-state index contributed by atoms with van der Waals surface area (Å²) in [5.74, 6) is -0.653. The molecule has 1 atom stereocenters. The molecule has 2 amide bonds. The first kappa shape index (κ1) is 19.4. The van der Waals surface area contributed by atoms with Crippen molar-refractivity contribution in [2.24, 2.45) is 5.92 Å². The van der Waals surface area contributed by atoms with Crippen molar-refractivity contribution in [3.63, 3.8) is 0 Å². The van der Waals surface area contributed by atoms with Crippen LogP contribution in [0, 0.1) is 5.92 Å². The minimum atomic E-state index is -0.470. The number of hydrogen-bond donors (Lipinski definition) is 1. The van der Waals surface area contributed by atoms with Gasteiger partial charge in [-0.1, -0.05) is 12.1 Å². The highest BCUT2D eigenvalue weighted by Crippen LogP contribution is 2.33. The molecule has 1 heterocycles. The van der Waals surface area contributed by atoms with Gasteiger partial charge in [0.15, 0.2) is 0 Å².